The molecule has 0 saturated carbocycles. The van der Waals surface area contributed by atoms with E-state index < -0.39 is 16.0 Å². The molecule has 114 valence electrons. The highest BCUT2D eigenvalue weighted by atomic mass is 32.2. The minimum atomic E-state index is -3.82. The summed E-state index contributed by atoms with van der Waals surface area (Å²) in [5.41, 5.74) is 0.491. The van der Waals surface area contributed by atoms with Crippen LogP contribution in [0.2, 0.25) is 0 Å². The van der Waals surface area contributed by atoms with Crippen LogP contribution in [0, 0.1) is 6.92 Å². The van der Waals surface area contributed by atoms with Crippen LogP contribution in [0.4, 0.5) is 0 Å². The van der Waals surface area contributed by atoms with Gasteiger partial charge in [-0.25, -0.2) is 17.9 Å². The fraction of sp³-hybridized carbons (Fsp3) is 0.364. The van der Waals surface area contributed by atoms with E-state index in [1.54, 1.807) is 12.3 Å². The summed E-state index contributed by atoms with van der Waals surface area (Å²) in [7, 11) is -2.61. The topological polar surface area (TPSA) is 111 Å². The third-order valence-electron chi connectivity index (χ3n) is 2.60. The summed E-state index contributed by atoms with van der Waals surface area (Å²) in [6, 6.07) is 0. The standard InChI is InChI=1S/C11H13N3O5S2/c1-7-5-20-9(11(15)18-2)10(7)21(16,17)14-4-3-8-12-6-13-19-8/h5-6,14H,3-4H2,1-2H3. The summed E-state index contributed by atoms with van der Waals surface area (Å²) in [6.07, 6.45) is 1.50. The molecule has 0 unspecified atom stereocenters. The largest absolute Gasteiger partial charge is 0.465 e. The molecule has 10 heteroatoms. The Labute approximate surface area is 125 Å². The number of ether oxygens (including phenoxy) is 1. The molecule has 0 aromatic carbocycles. The molecule has 2 aromatic rings. The van der Waals surface area contributed by atoms with E-state index in [1.165, 1.54) is 13.4 Å². The van der Waals surface area contributed by atoms with E-state index in [-0.39, 0.29) is 22.7 Å². The van der Waals surface area contributed by atoms with Crippen LogP contribution in [-0.2, 0) is 21.2 Å². The Hall–Kier alpha value is -1.78. The lowest BCUT2D eigenvalue weighted by Gasteiger charge is -2.07. The predicted molar refractivity (Wildman–Crippen MR) is 73.6 cm³/mol. The van der Waals surface area contributed by atoms with Crippen molar-refractivity contribution in [3.63, 3.8) is 0 Å². The molecule has 0 atom stereocenters. The molecule has 0 saturated heterocycles. The maximum atomic E-state index is 12.3. The molecular formula is C11H13N3O5S2. The fourth-order valence-electron chi connectivity index (χ4n) is 1.67. The minimum Gasteiger partial charge on any atom is -0.465 e. The number of carbonyl (C=O) groups is 1. The second kappa shape index (κ2) is 6.33. The van der Waals surface area contributed by atoms with Gasteiger partial charge >= 0.3 is 5.97 Å². The average molecular weight is 331 g/mol. The van der Waals surface area contributed by atoms with Gasteiger partial charge in [0.05, 0.1) is 7.11 Å². The summed E-state index contributed by atoms with van der Waals surface area (Å²) in [5, 5.41) is 5.02. The Bertz CT molecular complexity index is 721. The highest BCUT2D eigenvalue weighted by molar-refractivity contribution is 7.89. The van der Waals surface area contributed by atoms with E-state index in [4.69, 9.17) is 4.52 Å². The number of nitrogens with one attached hydrogen (secondary N) is 1. The van der Waals surface area contributed by atoms with Crippen molar-refractivity contribution in [2.75, 3.05) is 13.7 Å². The van der Waals surface area contributed by atoms with Crippen molar-refractivity contribution in [1.29, 1.82) is 0 Å². The van der Waals surface area contributed by atoms with E-state index in [0.717, 1.165) is 11.3 Å². The van der Waals surface area contributed by atoms with Gasteiger partial charge in [0, 0.05) is 13.0 Å². The zero-order valence-electron chi connectivity index (χ0n) is 11.3. The lowest BCUT2D eigenvalue weighted by Crippen LogP contribution is -2.27. The Balaban J connectivity index is 2.15. The van der Waals surface area contributed by atoms with Gasteiger partial charge in [0.1, 0.15) is 9.77 Å². The van der Waals surface area contributed by atoms with Crippen molar-refractivity contribution >= 4 is 27.3 Å². The summed E-state index contributed by atoms with van der Waals surface area (Å²) in [6.45, 7) is 1.70. The first-order chi connectivity index (χ1) is 9.95. The van der Waals surface area contributed by atoms with E-state index in [9.17, 15) is 13.2 Å². The molecule has 0 aliphatic carbocycles. The van der Waals surface area contributed by atoms with E-state index in [2.05, 4.69) is 19.6 Å². The van der Waals surface area contributed by atoms with Crippen molar-refractivity contribution < 1.29 is 22.5 Å². The first kappa shape index (κ1) is 15.6. The number of aryl methyl sites for hydroxylation is 1. The molecule has 2 rings (SSSR count). The number of aromatic nitrogens is 2. The lowest BCUT2D eigenvalue weighted by molar-refractivity contribution is 0.0602. The Morgan fingerprint density at radius 1 is 1.52 bits per heavy atom. The van der Waals surface area contributed by atoms with Crippen LogP contribution in [0.5, 0.6) is 0 Å². The van der Waals surface area contributed by atoms with Crippen molar-refractivity contribution in [2.24, 2.45) is 0 Å². The predicted octanol–water partition coefficient (Wildman–Crippen LogP) is 0.747. The molecule has 0 aliphatic rings. The first-order valence-corrected chi connectivity index (χ1v) is 8.23. The van der Waals surface area contributed by atoms with Crippen molar-refractivity contribution in [1.82, 2.24) is 14.9 Å². The molecule has 2 heterocycles. The van der Waals surface area contributed by atoms with Crippen LogP contribution in [-0.4, -0.2) is 38.2 Å². The van der Waals surface area contributed by atoms with Gasteiger partial charge in [-0.05, 0) is 17.9 Å². The van der Waals surface area contributed by atoms with Gasteiger partial charge in [-0.2, -0.15) is 4.98 Å². The minimum absolute atomic E-state index is 0.0510. The molecule has 8 nitrogen and oxygen atoms in total. The van der Waals surface area contributed by atoms with Gasteiger partial charge < -0.3 is 9.26 Å². The van der Waals surface area contributed by atoms with Gasteiger partial charge in [0.2, 0.25) is 15.9 Å². The van der Waals surface area contributed by atoms with Crippen LogP contribution in [0.15, 0.2) is 21.1 Å². The number of hydrogen-bond donors (Lipinski definition) is 1. The highest BCUT2D eigenvalue weighted by Crippen LogP contribution is 2.27. The molecule has 0 bridgehead atoms. The lowest BCUT2D eigenvalue weighted by atomic mass is 10.3. The third-order valence-corrected chi connectivity index (χ3v) is 5.45. The van der Waals surface area contributed by atoms with Gasteiger partial charge in [0.15, 0.2) is 6.33 Å². The zero-order chi connectivity index (χ0) is 15.5. The Morgan fingerprint density at radius 2 is 2.29 bits per heavy atom. The van der Waals surface area contributed by atoms with E-state index in [0.29, 0.717) is 11.5 Å². The Kier molecular flexibility index (Phi) is 4.70. The van der Waals surface area contributed by atoms with Crippen LogP contribution in [0.3, 0.4) is 0 Å². The van der Waals surface area contributed by atoms with Crippen LogP contribution in [0.25, 0.3) is 0 Å². The molecule has 2 aromatic heterocycles. The van der Waals surface area contributed by atoms with E-state index >= 15 is 0 Å². The molecule has 0 fully saturated rings. The van der Waals surface area contributed by atoms with E-state index in [1.807, 2.05) is 0 Å². The monoisotopic (exact) mass is 331 g/mol. The Morgan fingerprint density at radius 3 is 2.90 bits per heavy atom. The normalized spacial score (nSPS) is 11.5. The zero-order valence-corrected chi connectivity index (χ0v) is 13.0. The molecule has 1 N–H and O–H groups in total. The third kappa shape index (κ3) is 3.46. The highest BCUT2D eigenvalue weighted by Gasteiger charge is 2.27. The van der Waals surface area contributed by atoms with Crippen molar-refractivity contribution in [3.8, 4) is 0 Å². The number of methoxy groups -OCH3 is 1. The maximum Gasteiger partial charge on any atom is 0.349 e. The molecule has 21 heavy (non-hydrogen) atoms. The summed E-state index contributed by atoms with van der Waals surface area (Å²) < 4.78 is 36.4. The number of thiophene rings is 1. The van der Waals surface area contributed by atoms with Crippen LogP contribution in [0.1, 0.15) is 21.1 Å². The smallest absolute Gasteiger partial charge is 0.349 e. The van der Waals surface area contributed by atoms with Gasteiger partial charge in [-0.15, -0.1) is 11.3 Å². The SMILES string of the molecule is COC(=O)c1scc(C)c1S(=O)(=O)NCCc1ncno1. The molecular weight excluding hydrogens is 318 g/mol. The van der Waals surface area contributed by atoms with Crippen molar-refractivity contribution in [2.45, 2.75) is 18.2 Å². The molecule has 0 radical (unpaired) electrons. The number of nitrogens with zero attached hydrogens (tertiary/aromatic N) is 2. The van der Waals surface area contributed by atoms with Crippen LogP contribution < -0.4 is 4.72 Å². The maximum absolute atomic E-state index is 12.3. The number of esters is 1. The molecule has 0 aliphatic heterocycles. The first-order valence-electron chi connectivity index (χ1n) is 5.87. The molecule has 0 amide bonds. The average Bonchev–Trinajstić information content (AvgIpc) is 3.07. The number of rotatable bonds is 6. The summed E-state index contributed by atoms with van der Waals surface area (Å²) in [5.74, 6) is -0.349. The summed E-state index contributed by atoms with van der Waals surface area (Å²) in [4.78, 5) is 15.4. The van der Waals surface area contributed by atoms with Gasteiger partial charge in [-0.1, -0.05) is 5.16 Å². The van der Waals surface area contributed by atoms with Gasteiger partial charge in [-0.3, -0.25) is 0 Å². The number of carbonyl (C=O) groups excluding carboxylic acids is 1. The number of hydrogen-bond acceptors (Lipinski definition) is 8. The fourth-order valence-corrected chi connectivity index (χ4v) is 4.41. The number of sulfonamides is 1. The van der Waals surface area contributed by atoms with Crippen LogP contribution >= 0.6 is 11.3 Å². The molecule has 0 spiro atoms. The second-order valence-corrected chi connectivity index (χ2v) is 6.63. The quantitative estimate of drug-likeness (QED) is 0.777. The van der Waals surface area contributed by atoms with Crippen molar-refractivity contribution in [3.05, 3.63) is 28.0 Å². The summed E-state index contributed by atoms with van der Waals surface area (Å²) >= 11 is 1.03. The second-order valence-electron chi connectivity index (χ2n) is 4.05. The van der Waals surface area contributed by atoms with Gasteiger partial charge in [0.25, 0.3) is 0 Å².